The topological polar surface area (TPSA) is 72.2 Å². The zero-order chi connectivity index (χ0) is 12.1. The van der Waals surface area contributed by atoms with Crippen molar-refractivity contribution < 1.29 is 9.72 Å². The molecule has 0 aliphatic heterocycles. The Hall–Kier alpha value is -1.62. The monoisotopic (exact) mass is 242 g/mol. The molecule has 6 heteroatoms. The van der Waals surface area contributed by atoms with Crippen LogP contribution in [0.25, 0.3) is 0 Å². The van der Waals surface area contributed by atoms with Gasteiger partial charge >= 0.3 is 0 Å². The summed E-state index contributed by atoms with van der Waals surface area (Å²) in [5.41, 5.74) is 0.340. The van der Waals surface area contributed by atoms with Gasteiger partial charge < -0.3 is 5.32 Å². The second-order valence-electron chi connectivity index (χ2n) is 3.35. The lowest BCUT2D eigenvalue weighted by Gasteiger charge is -2.08. The number of nitro groups is 1. The summed E-state index contributed by atoms with van der Waals surface area (Å²) in [7, 11) is 0. The zero-order valence-corrected chi connectivity index (χ0v) is 9.40. The van der Waals surface area contributed by atoms with E-state index in [4.69, 9.17) is 11.6 Å². The summed E-state index contributed by atoms with van der Waals surface area (Å²) in [5.74, 6) is -0.378. The standard InChI is InChI=1S/C10H11ClN2O3/c1-7(6-11)10(14)12-8-3-2-4-9(5-8)13(15)16/h2-5,7H,6H2,1H3,(H,12,14). The van der Waals surface area contributed by atoms with Gasteiger partial charge in [-0.25, -0.2) is 0 Å². The van der Waals surface area contributed by atoms with Gasteiger partial charge in [-0.15, -0.1) is 11.6 Å². The van der Waals surface area contributed by atoms with E-state index in [1.54, 1.807) is 13.0 Å². The van der Waals surface area contributed by atoms with Gasteiger partial charge in [0.25, 0.3) is 5.69 Å². The Balaban J connectivity index is 2.78. The van der Waals surface area contributed by atoms with Crippen molar-refractivity contribution in [3.05, 3.63) is 34.4 Å². The van der Waals surface area contributed by atoms with Crippen LogP contribution in [-0.4, -0.2) is 16.7 Å². The molecule has 0 spiro atoms. The second kappa shape index (κ2) is 5.46. The van der Waals surface area contributed by atoms with Crippen molar-refractivity contribution in [3.63, 3.8) is 0 Å². The minimum Gasteiger partial charge on any atom is -0.326 e. The van der Waals surface area contributed by atoms with Crippen LogP contribution < -0.4 is 5.32 Å². The summed E-state index contributed by atoms with van der Waals surface area (Å²) >= 11 is 5.53. The lowest BCUT2D eigenvalue weighted by molar-refractivity contribution is -0.384. The molecule has 1 aromatic carbocycles. The van der Waals surface area contributed by atoms with Gasteiger partial charge in [0.1, 0.15) is 0 Å². The Morgan fingerprint density at radius 3 is 2.88 bits per heavy atom. The summed E-state index contributed by atoms with van der Waals surface area (Å²) in [5, 5.41) is 13.1. The van der Waals surface area contributed by atoms with Gasteiger partial charge in [0.15, 0.2) is 0 Å². The van der Waals surface area contributed by atoms with Crippen molar-refractivity contribution in [2.75, 3.05) is 11.2 Å². The number of amides is 1. The smallest absolute Gasteiger partial charge is 0.271 e. The van der Waals surface area contributed by atoms with E-state index in [-0.39, 0.29) is 23.4 Å². The van der Waals surface area contributed by atoms with Gasteiger partial charge in [0.2, 0.25) is 5.91 Å². The maximum Gasteiger partial charge on any atom is 0.271 e. The van der Waals surface area contributed by atoms with Crippen LogP contribution in [0.2, 0.25) is 0 Å². The molecular weight excluding hydrogens is 232 g/mol. The van der Waals surface area contributed by atoms with E-state index in [9.17, 15) is 14.9 Å². The van der Waals surface area contributed by atoms with E-state index in [0.717, 1.165) is 0 Å². The maximum atomic E-state index is 11.5. The third-order valence-corrected chi connectivity index (χ3v) is 2.47. The SMILES string of the molecule is CC(CCl)C(=O)Nc1cccc([N+](=O)[O-])c1. The molecular formula is C10H11ClN2O3. The fourth-order valence-electron chi connectivity index (χ4n) is 1.03. The number of carbonyl (C=O) groups excluding carboxylic acids is 1. The first-order valence-corrected chi connectivity index (χ1v) is 5.19. The summed E-state index contributed by atoms with van der Waals surface area (Å²) in [6, 6.07) is 5.77. The molecule has 16 heavy (non-hydrogen) atoms. The molecule has 1 amide bonds. The largest absolute Gasteiger partial charge is 0.326 e. The molecule has 1 rings (SSSR count). The van der Waals surface area contributed by atoms with Crippen molar-refractivity contribution in [1.82, 2.24) is 0 Å². The van der Waals surface area contributed by atoms with E-state index in [0.29, 0.717) is 5.69 Å². The lowest BCUT2D eigenvalue weighted by atomic mass is 10.2. The van der Waals surface area contributed by atoms with Crippen LogP contribution in [0.5, 0.6) is 0 Å². The number of non-ortho nitro benzene ring substituents is 1. The predicted molar refractivity (Wildman–Crippen MR) is 61.6 cm³/mol. The Bertz CT molecular complexity index is 409. The van der Waals surface area contributed by atoms with Gasteiger partial charge in [-0.3, -0.25) is 14.9 Å². The van der Waals surface area contributed by atoms with Gasteiger partial charge in [0, 0.05) is 29.6 Å². The third kappa shape index (κ3) is 3.20. The fourth-order valence-corrected chi connectivity index (χ4v) is 1.17. The number of benzene rings is 1. The highest BCUT2D eigenvalue weighted by molar-refractivity contribution is 6.19. The Morgan fingerprint density at radius 1 is 1.62 bits per heavy atom. The van der Waals surface area contributed by atoms with Crippen LogP contribution in [0, 0.1) is 16.0 Å². The maximum absolute atomic E-state index is 11.5. The number of hydrogen-bond acceptors (Lipinski definition) is 3. The van der Waals surface area contributed by atoms with Crippen molar-refractivity contribution in [2.24, 2.45) is 5.92 Å². The number of alkyl halides is 1. The number of anilines is 1. The molecule has 1 atom stereocenters. The molecule has 0 heterocycles. The van der Waals surface area contributed by atoms with E-state index < -0.39 is 4.92 Å². The number of hydrogen-bond donors (Lipinski definition) is 1. The molecule has 5 nitrogen and oxygen atoms in total. The van der Waals surface area contributed by atoms with Gasteiger partial charge in [-0.2, -0.15) is 0 Å². The molecule has 1 aromatic rings. The molecule has 1 unspecified atom stereocenters. The van der Waals surface area contributed by atoms with E-state index in [2.05, 4.69) is 5.32 Å². The fraction of sp³-hybridized carbons (Fsp3) is 0.300. The second-order valence-corrected chi connectivity index (χ2v) is 3.66. The molecule has 1 N–H and O–H groups in total. The number of nitrogens with one attached hydrogen (secondary N) is 1. The normalized spacial score (nSPS) is 11.9. The number of rotatable bonds is 4. The highest BCUT2D eigenvalue weighted by Crippen LogP contribution is 2.17. The van der Waals surface area contributed by atoms with Crippen molar-refractivity contribution in [3.8, 4) is 0 Å². The predicted octanol–water partition coefficient (Wildman–Crippen LogP) is 2.41. The minimum atomic E-state index is -0.513. The Labute approximate surface area is 97.6 Å². The van der Waals surface area contributed by atoms with Crippen LogP contribution in [0.3, 0.4) is 0 Å². The number of carbonyl (C=O) groups is 1. The summed E-state index contributed by atoms with van der Waals surface area (Å²) in [4.78, 5) is 21.4. The minimum absolute atomic E-state index is 0.0590. The van der Waals surface area contributed by atoms with Crippen LogP contribution in [0.1, 0.15) is 6.92 Å². The summed E-state index contributed by atoms with van der Waals surface area (Å²) in [6.45, 7) is 1.68. The third-order valence-electron chi connectivity index (χ3n) is 2.00. The summed E-state index contributed by atoms with van der Waals surface area (Å²) < 4.78 is 0. The number of nitro benzene ring substituents is 1. The molecule has 0 aliphatic rings. The lowest BCUT2D eigenvalue weighted by Crippen LogP contribution is -2.21. The first-order chi connectivity index (χ1) is 7.54. The van der Waals surface area contributed by atoms with Crippen LogP contribution in [0.15, 0.2) is 24.3 Å². The van der Waals surface area contributed by atoms with Crippen LogP contribution in [-0.2, 0) is 4.79 Å². The van der Waals surface area contributed by atoms with Crippen molar-refractivity contribution >= 4 is 28.9 Å². The van der Waals surface area contributed by atoms with E-state index in [1.165, 1.54) is 18.2 Å². The Morgan fingerprint density at radius 2 is 2.31 bits per heavy atom. The highest BCUT2D eigenvalue weighted by Gasteiger charge is 2.13. The molecule has 0 radical (unpaired) electrons. The average molecular weight is 243 g/mol. The molecule has 0 aliphatic carbocycles. The van der Waals surface area contributed by atoms with Gasteiger partial charge in [0.05, 0.1) is 4.92 Å². The Kier molecular flexibility index (Phi) is 4.25. The molecule has 0 saturated carbocycles. The van der Waals surface area contributed by atoms with E-state index in [1.807, 2.05) is 0 Å². The van der Waals surface area contributed by atoms with Crippen molar-refractivity contribution in [1.29, 1.82) is 0 Å². The van der Waals surface area contributed by atoms with Crippen LogP contribution >= 0.6 is 11.6 Å². The average Bonchev–Trinajstić information content (AvgIpc) is 2.28. The molecule has 0 bridgehead atoms. The molecule has 0 fully saturated rings. The quantitative estimate of drug-likeness (QED) is 0.501. The van der Waals surface area contributed by atoms with Crippen LogP contribution in [0.4, 0.5) is 11.4 Å². The number of nitrogens with zero attached hydrogens (tertiary/aromatic N) is 1. The molecule has 0 aromatic heterocycles. The first kappa shape index (κ1) is 12.4. The summed E-state index contributed by atoms with van der Waals surface area (Å²) in [6.07, 6.45) is 0. The molecule has 0 saturated heterocycles. The van der Waals surface area contributed by atoms with Crippen molar-refractivity contribution in [2.45, 2.75) is 6.92 Å². The molecule has 86 valence electrons. The van der Waals surface area contributed by atoms with Gasteiger partial charge in [-0.1, -0.05) is 13.0 Å². The first-order valence-electron chi connectivity index (χ1n) is 4.66. The van der Waals surface area contributed by atoms with E-state index >= 15 is 0 Å². The zero-order valence-electron chi connectivity index (χ0n) is 8.64. The highest BCUT2D eigenvalue weighted by atomic mass is 35.5. The number of halogens is 1. The van der Waals surface area contributed by atoms with Gasteiger partial charge in [-0.05, 0) is 6.07 Å².